The van der Waals surface area contributed by atoms with E-state index in [0.29, 0.717) is 17.4 Å². The second-order valence-corrected chi connectivity index (χ2v) is 25.0. The van der Waals surface area contributed by atoms with Gasteiger partial charge in [0.2, 0.25) is 5.91 Å². The van der Waals surface area contributed by atoms with Crippen molar-refractivity contribution in [3.63, 3.8) is 0 Å². The smallest absolute Gasteiger partial charge is 0.306 e. The molecule has 9 nitrogen and oxygen atoms in total. The molecule has 0 aliphatic carbocycles. The Morgan fingerprint density at radius 1 is 0.455 bits per heavy atom. The van der Waals surface area contributed by atoms with Gasteiger partial charge in [0.15, 0.2) is 0 Å². The molecule has 0 fully saturated rings. The number of amides is 1. The van der Waals surface area contributed by atoms with E-state index in [1.54, 1.807) is 0 Å². The topological polar surface area (TPSA) is 114 Å². The third kappa shape index (κ3) is 58.4. The third-order valence-corrected chi connectivity index (χ3v) is 15.7. The van der Waals surface area contributed by atoms with Gasteiger partial charge in [-0.25, -0.2) is 0 Å². The molecule has 0 rings (SSSR count). The molecule has 0 aliphatic rings. The highest BCUT2D eigenvalue weighted by Gasteiger charge is 2.27. The molecule has 0 aliphatic heterocycles. The van der Waals surface area contributed by atoms with Crippen LogP contribution in [-0.4, -0.2) is 69.4 Å². The summed E-state index contributed by atoms with van der Waals surface area (Å²) in [5, 5.41) is 3.03. The molecule has 0 bridgehead atoms. The highest BCUT2D eigenvalue weighted by Crippen LogP contribution is 2.38. The molecule has 0 aromatic carbocycles. The second kappa shape index (κ2) is 57.2. The Morgan fingerprint density at radius 3 is 1.21 bits per heavy atom. The zero-order valence-electron chi connectivity index (χ0n) is 51.7. The van der Waals surface area contributed by atoms with E-state index in [-0.39, 0.29) is 31.5 Å². The van der Waals surface area contributed by atoms with Crippen LogP contribution < -0.4 is 10.2 Å². The first-order valence-corrected chi connectivity index (χ1v) is 34.4. The van der Waals surface area contributed by atoms with E-state index in [9.17, 15) is 19.0 Å². The minimum absolute atomic E-state index is 0.0233. The number of nitrogens with zero attached hydrogens (tertiary/aromatic N) is 1. The molecule has 77 heavy (non-hydrogen) atoms. The monoisotopic (exact) mass is 1100 g/mol. The van der Waals surface area contributed by atoms with Crippen LogP contribution in [-0.2, 0) is 27.9 Å². The molecular weight excluding hydrogens is 976 g/mol. The van der Waals surface area contributed by atoms with Crippen LogP contribution in [0.4, 0.5) is 0 Å². The lowest BCUT2D eigenvalue weighted by Gasteiger charge is -2.30. The van der Waals surface area contributed by atoms with Crippen LogP contribution in [0.25, 0.3) is 0 Å². The molecule has 10 heteroatoms. The molecule has 0 spiro atoms. The number of carbonyl (C=O) groups is 2. The first-order chi connectivity index (χ1) is 37.4. The van der Waals surface area contributed by atoms with Crippen molar-refractivity contribution in [1.82, 2.24) is 5.32 Å². The summed E-state index contributed by atoms with van der Waals surface area (Å²) in [7, 11) is 1.19. The summed E-state index contributed by atoms with van der Waals surface area (Å²) in [6.45, 7) is 6.83. The van der Waals surface area contributed by atoms with E-state index >= 15 is 0 Å². The van der Waals surface area contributed by atoms with Crippen LogP contribution in [0.2, 0.25) is 0 Å². The lowest BCUT2D eigenvalue weighted by Crippen LogP contribution is -2.47. The van der Waals surface area contributed by atoms with Crippen molar-refractivity contribution in [2.45, 2.75) is 328 Å². The molecule has 0 heterocycles. The van der Waals surface area contributed by atoms with Crippen LogP contribution in [0.15, 0.2) is 48.6 Å². The van der Waals surface area contributed by atoms with Crippen molar-refractivity contribution in [2.24, 2.45) is 0 Å². The number of allylic oxidation sites excluding steroid dienone is 7. The highest BCUT2D eigenvalue weighted by molar-refractivity contribution is 7.45. The lowest BCUT2D eigenvalue weighted by atomic mass is 10.0. The number of hydrogen-bond donors (Lipinski definition) is 1. The summed E-state index contributed by atoms with van der Waals surface area (Å²) in [6, 6.07) is -0.891. The fourth-order valence-corrected chi connectivity index (χ4v) is 10.3. The number of ether oxygens (including phenoxy) is 1. The summed E-state index contributed by atoms with van der Waals surface area (Å²) >= 11 is 0. The molecule has 0 saturated heterocycles. The molecule has 0 saturated carbocycles. The van der Waals surface area contributed by atoms with Crippen molar-refractivity contribution in [2.75, 3.05) is 40.9 Å². The summed E-state index contributed by atoms with van der Waals surface area (Å²) in [4.78, 5) is 40.0. The SMILES string of the molecule is CCCCC/C=C\C/C=C\CCCCCCCCCC(=O)NC(COP(=O)([O-])OCC[N+](C)(C)C)C(/C=C\CCCCCCCCCCC)OC(=O)CCCCCCCCCCCCCCC/C=C/CCCCCCCC. The maximum absolute atomic E-state index is 13.5. The van der Waals surface area contributed by atoms with Crippen molar-refractivity contribution in [3.05, 3.63) is 48.6 Å². The van der Waals surface area contributed by atoms with Gasteiger partial charge in [-0.3, -0.25) is 14.2 Å². The number of phosphoric ester groups is 1. The number of carbonyl (C=O) groups excluding carboxylic acids is 2. The van der Waals surface area contributed by atoms with Crippen LogP contribution in [0.5, 0.6) is 0 Å². The lowest BCUT2D eigenvalue weighted by molar-refractivity contribution is -0.870. The predicted molar refractivity (Wildman–Crippen MR) is 330 cm³/mol. The number of phosphoric acid groups is 1. The van der Waals surface area contributed by atoms with Gasteiger partial charge in [0.25, 0.3) is 7.82 Å². The zero-order valence-corrected chi connectivity index (χ0v) is 52.6. The molecule has 1 amide bonds. The second-order valence-electron chi connectivity index (χ2n) is 23.6. The number of esters is 1. The van der Waals surface area contributed by atoms with Gasteiger partial charge in [-0.05, 0) is 89.5 Å². The average molecular weight is 1100 g/mol. The molecule has 0 aromatic heterocycles. The molecule has 0 radical (unpaired) electrons. The molecule has 452 valence electrons. The highest BCUT2D eigenvalue weighted by atomic mass is 31.2. The van der Waals surface area contributed by atoms with Crippen molar-refractivity contribution in [3.8, 4) is 0 Å². The first-order valence-electron chi connectivity index (χ1n) is 32.9. The van der Waals surface area contributed by atoms with Crippen LogP contribution in [0, 0.1) is 0 Å². The summed E-state index contributed by atoms with van der Waals surface area (Å²) in [6.07, 6.45) is 70.8. The van der Waals surface area contributed by atoms with Gasteiger partial charge in [0.05, 0.1) is 33.8 Å². The number of rotatable bonds is 60. The Kier molecular flexibility index (Phi) is 55.7. The quantitative estimate of drug-likeness (QED) is 0.0212. The minimum atomic E-state index is -4.70. The average Bonchev–Trinajstić information content (AvgIpc) is 3.39. The summed E-state index contributed by atoms with van der Waals surface area (Å²) in [5.41, 5.74) is 0. The van der Waals surface area contributed by atoms with Gasteiger partial charge < -0.3 is 28.5 Å². The van der Waals surface area contributed by atoms with Crippen molar-refractivity contribution >= 4 is 19.7 Å². The zero-order chi connectivity index (χ0) is 56.4. The fourth-order valence-electron chi connectivity index (χ4n) is 9.61. The maximum Gasteiger partial charge on any atom is 0.306 e. The molecule has 3 unspecified atom stereocenters. The van der Waals surface area contributed by atoms with Gasteiger partial charge in [0.1, 0.15) is 19.3 Å². The predicted octanol–water partition coefficient (Wildman–Crippen LogP) is 19.8. The molecule has 3 atom stereocenters. The Hall–Kier alpha value is -2.03. The van der Waals surface area contributed by atoms with Crippen LogP contribution >= 0.6 is 7.82 Å². The number of unbranched alkanes of at least 4 members (excludes halogenated alkanes) is 38. The molecule has 1 N–H and O–H groups in total. The maximum atomic E-state index is 13.5. The van der Waals surface area contributed by atoms with E-state index in [2.05, 4.69) is 62.5 Å². The molecular formula is C67H127N2O7P. The molecule has 0 aromatic rings. The van der Waals surface area contributed by atoms with E-state index in [1.165, 1.54) is 205 Å². The van der Waals surface area contributed by atoms with Gasteiger partial charge >= 0.3 is 5.97 Å². The summed E-state index contributed by atoms with van der Waals surface area (Å²) < 4.78 is 30.3. The number of quaternary nitrogens is 1. The Balaban J connectivity index is 5.10. The van der Waals surface area contributed by atoms with Crippen LogP contribution in [0.3, 0.4) is 0 Å². The normalized spacial score (nSPS) is 13.9. The van der Waals surface area contributed by atoms with Crippen LogP contribution in [0.1, 0.15) is 316 Å². The standard InChI is InChI=1S/C67H127N2O7P/c1-7-10-13-16-19-22-25-27-29-31-32-33-34-35-36-38-40-42-45-48-51-54-57-60-67(71)76-65(58-55-52-49-46-43-24-21-18-15-12-9-3)64(63-75-77(72,73)74-62-61-69(4,5)6)68-66(70)59-56-53-50-47-44-41-39-37-30-28-26-23-20-17-14-11-8-2/h20,23,27-30,55,58,64-65H,7-19,21-22,24-26,31-54,56-57,59-63H2,1-6H3,(H-,68,70,72,73)/b23-20-,29-27+,30-28-,58-55-. The Labute approximate surface area is 478 Å². The first kappa shape index (κ1) is 75.0. The van der Waals surface area contributed by atoms with Gasteiger partial charge in [0, 0.05) is 12.8 Å². The van der Waals surface area contributed by atoms with Gasteiger partial charge in [-0.1, -0.05) is 262 Å². The summed E-state index contributed by atoms with van der Waals surface area (Å²) in [5.74, 6) is -0.540. The van der Waals surface area contributed by atoms with Gasteiger partial charge in [-0.2, -0.15) is 0 Å². The van der Waals surface area contributed by atoms with E-state index in [4.69, 9.17) is 13.8 Å². The van der Waals surface area contributed by atoms with E-state index in [0.717, 1.165) is 77.0 Å². The fraction of sp³-hybridized carbons (Fsp3) is 0.851. The Bertz CT molecular complexity index is 1460. The van der Waals surface area contributed by atoms with Crippen molar-refractivity contribution < 1.29 is 37.3 Å². The number of likely N-dealkylation sites (N-methyl/N-ethyl adjacent to an activating group) is 1. The number of hydrogen-bond acceptors (Lipinski definition) is 7. The van der Waals surface area contributed by atoms with E-state index < -0.39 is 20.0 Å². The third-order valence-electron chi connectivity index (χ3n) is 14.7. The number of nitrogens with one attached hydrogen (secondary N) is 1. The minimum Gasteiger partial charge on any atom is -0.756 e. The van der Waals surface area contributed by atoms with Gasteiger partial charge in [-0.15, -0.1) is 0 Å². The van der Waals surface area contributed by atoms with Crippen molar-refractivity contribution in [1.29, 1.82) is 0 Å². The Morgan fingerprint density at radius 2 is 0.792 bits per heavy atom. The largest absolute Gasteiger partial charge is 0.756 e. The van der Waals surface area contributed by atoms with E-state index in [1.807, 2.05) is 33.3 Å².